The molecule has 0 saturated carbocycles. The molecule has 1 aromatic carbocycles. The summed E-state index contributed by atoms with van der Waals surface area (Å²) in [6.07, 6.45) is 1.94. The molecule has 0 bridgehead atoms. The molecule has 2 N–H and O–H groups in total. The summed E-state index contributed by atoms with van der Waals surface area (Å²) in [7, 11) is 0. The summed E-state index contributed by atoms with van der Waals surface area (Å²) in [6.45, 7) is 4.00. The van der Waals surface area contributed by atoms with E-state index in [0.29, 0.717) is 0 Å². The van der Waals surface area contributed by atoms with Crippen LogP contribution < -0.4 is 5.32 Å². The maximum atomic E-state index is 4.00. The molecule has 0 fully saturated rings. The molecule has 0 radical (unpaired) electrons. The molecule has 0 atom stereocenters. The van der Waals surface area contributed by atoms with E-state index in [1.54, 1.807) is 0 Å². The standard InChI is InChI=1S/C12H10N2/c1-8-9-6-7-13-12(9)10-4-2-3-5-11(10)14-8/h2-7,13-14H,1H2. The Balaban J connectivity index is 2.34. The third kappa shape index (κ3) is 0.852. The van der Waals surface area contributed by atoms with Crippen molar-refractivity contribution in [1.29, 1.82) is 0 Å². The number of benzene rings is 1. The molecule has 0 aliphatic carbocycles. The summed E-state index contributed by atoms with van der Waals surface area (Å²) in [6, 6.07) is 10.3. The minimum absolute atomic E-state index is 0.958. The van der Waals surface area contributed by atoms with Crippen LogP contribution in [0.3, 0.4) is 0 Å². The predicted molar refractivity (Wildman–Crippen MR) is 58.9 cm³/mol. The van der Waals surface area contributed by atoms with E-state index in [2.05, 4.69) is 29.0 Å². The van der Waals surface area contributed by atoms with Crippen molar-refractivity contribution in [1.82, 2.24) is 4.98 Å². The second-order valence-corrected chi connectivity index (χ2v) is 3.42. The highest BCUT2D eigenvalue weighted by atomic mass is 14.9. The largest absolute Gasteiger partial charge is 0.361 e. The predicted octanol–water partition coefficient (Wildman–Crippen LogP) is 3.08. The van der Waals surface area contributed by atoms with Crippen molar-refractivity contribution in [2.24, 2.45) is 0 Å². The first-order chi connectivity index (χ1) is 6.86. The topological polar surface area (TPSA) is 27.8 Å². The number of anilines is 1. The van der Waals surface area contributed by atoms with Crippen LogP contribution in [0.5, 0.6) is 0 Å². The average molecular weight is 182 g/mol. The van der Waals surface area contributed by atoms with Crippen LogP contribution in [-0.4, -0.2) is 4.98 Å². The first-order valence-electron chi connectivity index (χ1n) is 4.59. The van der Waals surface area contributed by atoms with E-state index in [4.69, 9.17) is 0 Å². The molecule has 0 saturated heterocycles. The molecule has 2 nitrogen and oxygen atoms in total. The summed E-state index contributed by atoms with van der Waals surface area (Å²) in [5.41, 5.74) is 5.60. The molecule has 0 spiro atoms. The van der Waals surface area contributed by atoms with Crippen LogP contribution >= 0.6 is 0 Å². The summed E-state index contributed by atoms with van der Waals surface area (Å²) in [5, 5.41) is 3.29. The third-order valence-corrected chi connectivity index (χ3v) is 2.55. The molecule has 2 aromatic rings. The van der Waals surface area contributed by atoms with Crippen LogP contribution in [0.4, 0.5) is 5.69 Å². The lowest BCUT2D eigenvalue weighted by Crippen LogP contribution is -2.05. The number of nitrogens with one attached hydrogen (secondary N) is 2. The monoisotopic (exact) mass is 182 g/mol. The second-order valence-electron chi connectivity index (χ2n) is 3.42. The fourth-order valence-corrected chi connectivity index (χ4v) is 1.88. The van der Waals surface area contributed by atoms with E-state index in [9.17, 15) is 0 Å². The minimum Gasteiger partial charge on any atom is -0.361 e. The molecule has 68 valence electrons. The van der Waals surface area contributed by atoms with Gasteiger partial charge in [0, 0.05) is 28.7 Å². The minimum atomic E-state index is 0.958. The van der Waals surface area contributed by atoms with Gasteiger partial charge in [0.05, 0.1) is 5.69 Å². The number of rotatable bonds is 0. The van der Waals surface area contributed by atoms with Crippen molar-refractivity contribution in [2.75, 3.05) is 5.32 Å². The molecule has 2 heterocycles. The Hall–Kier alpha value is -1.96. The zero-order valence-corrected chi connectivity index (χ0v) is 7.67. The van der Waals surface area contributed by atoms with Gasteiger partial charge in [-0.25, -0.2) is 0 Å². The van der Waals surface area contributed by atoms with E-state index < -0.39 is 0 Å². The van der Waals surface area contributed by atoms with Crippen molar-refractivity contribution in [3.05, 3.63) is 48.7 Å². The highest BCUT2D eigenvalue weighted by Gasteiger charge is 2.17. The summed E-state index contributed by atoms with van der Waals surface area (Å²) >= 11 is 0. The number of aromatic nitrogens is 1. The van der Waals surface area contributed by atoms with Gasteiger partial charge in [-0.3, -0.25) is 0 Å². The van der Waals surface area contributed by atoms with Gasteiger partial charge >= 0.3 is 0 Å². The van der Waals surface area contributed by atoms with Gasteiger partial charge in [0.25, 0.3) is 0 Å². The van der Waals surface area contributed by atoms with Gasteiger partial charge in [-0.15, -0.1) is 0 Å². The summed E-state index contributed by atoms with van der Waals surface area (Å²) in [4.78, 5) is 3.24. The molecule has 3 rings (SSSR count). The molecule has 1 aromatic heterocycles. The van der Waals surface area contributed by atoms with Crippen molar-refractivity contribution in [3.8, 4) is 11.3 Å². The van der Waals surface area contributed by atoms with Gasteiger partial charge in [0.2, 0.25) is 0 Å². The van der Waals surface area contributed by atoms with Crippen LogP contribution in [0.15, 0.2) is 43.1 Å². The van der Waals surface area contributed by atoms with Gasteiger partial charge < -0.3 is 10.3 Å². The quantitative estimate of drug-likeness (QED) is 0.643. The van der Waals surface area contributed by atoms with Crippen LogP contribution in [0.2, 0.25) is 0 Å². The van der Waals surface area contributed by atoms with Gasteiger partial charge in [0.1, 0.15) is 0 Å². The highest BCUT2D eigenvalue weighted by molar-refractivity contribution is 5.95. The molecular weight excluding hydrogens is 172 g/mol. The van der Waals surface area contributed by atoms with Crippen LogP contribution in [0, 0.1) is 0 Å². The van der Waals surface area contributed by atoms with Crippen LogP contribution in [0.1, 0.15) is 5.56 Å². The van der Waals surface area contributed by atoms with E-state index in [1.807, 2.05) is 24.4 Å². The fraction of sp³-hybridized carbons (Fsp3) is 0. The molecule has 2 heteroatoms. The number of hydrogen-bond donors (Lipinski definition) is 2. The summed E-state index contributed by atoms with van der Waals surface area (Å²) < 4.78 is 0. The van der Waals surface area contributed by atoms with Crippen molar-refractivity contribution in [2.45, 2.75) is 0 Å². The van der Waals surface area contributed by atoms with E-state index in [0.717, 1.165) is 22.6 Å². The number of para-hydroxylation sites is 1. The molecule has 0 amide bonds. The number of fused-ring (bicyclic) bond motifs is 3. The zero-order chi connectivity index (χ0) is 9.54. The van der Waals surface area contributed by atoms with Gasteiger partial charge in [-0.1, -0.05) is 24.8 Å². The van der Waals surface area contributed by atoms with Crippen molar-refractivity contribution < 1.29 is 0 Å². The van der Waals surface area contributed by atoms with E-state index in [-0.39, 0.29) is 0 Å². The zero-order valence-electron chi connectivity index (χ0n) is 7.67. The Morgan fingerprint density at radius 2 is 1.86 bits per heavy atom. The van der Waals surface area contributed by atoms with Gasteiger partial charge in [0.15, 0.2) is 0 Å². The number of aromatic amines is 1. The first kappa shape index (κ1) is 7.44. The Morgan fingerprint density at radius 1 is 1.00 bits per heavy atom. The lowest BCUT2D eigenvalue weighted by atomic mass is 10.0. The normalized spacial score (nSPS) is 13.0. The Morgan fingerprint density at radius 3 is 2.79 bits per heavy atom. The van der Waals surface area contributed by atoms with E-state index in [1.165, 1.54) is 5.56 Å². The van der Waals surface area contributed by atoms with E-state index >= 15 is 0 Å². The lowest BCUT2D eigenvalue weighted by Gasteiger charge is -2.20. The molecule has 14 heavy (non-hydrogen) atoms. The average Bonchev–Trinajstić information content (AvgIpc) is 2.67. The lowest BCUT2D eigenvalue weighted by molar-refractivity contribution is 1.37. The molecule has 0 unspecified atom stereocenters. The van der Waals surface area contributed by atoms with Gasteiger partial charge in [-0.2, -0.15) is 0 Å². The highest BCUT2D eigenvalue weighted by Crippen LogP contribution is 2.37. The summed E-state index contributed by atoms with van der Waals surface area (Å²) in [5.74, 6) is 0. The van der Waals surface area contributed by atoms with Crippen LogP contribution in [0.25, 0.3) is 17.0 Å². The molecular formula is C12H10N2. The second kappa shape index (κ2) is 2.51. The van der Waals surface area contributed by atoms with Crippen molar-refractivity contribution >= 4 is 11.4 Å². The fourth-order valence-electron chi connectivity index (χ4n) is 1.88. The first-order valence-corrected chi connectivity index (χ1v) is 4.59. The van der Waals surface area contributed by atoms with Crippen LogP contribution in [-0.2, 0) is 0 Å². The Kier molecular flexibility index (Phi) is 1.34. The third-order valence-electron chi connectivity index (χ3n) is 2.55. The SMILES string of the molecule is C=C1Nc2ccccc2-c2[nH]ccc21. The Labute approximate surface area is 82.3 Å². The number of H-pyrrole nitrogens is 1. The number of hydrogen-bond acceptors (Lipinski definition) is 1. The van der Waals surface area contributed by atoms with Gasteiger partial charge in [-0.05, 0) is 12.1 Å². The Bertz CT molecular complexity index is 509. The van der Waals surface area contributed by atoms with Crippen molar-refractivity contribution in [3.63, 3.8) is 0 Å². The smallest absolute Gasteiger partial charge is 0.0569 e. The molecule has 1 aliphatic heterocycles. The maximum Gasteiger partial charge on any atom is 0.0569 e. The molecule has 1 aliphatic rings. The maximum absolute atomic E-state index is 4.00.